The van der Waals surface area contributed by atoms with Gasteiger partial charge in [0.05, 0.1) is 16.6 Å². The van der Waals surface area contributed by atoms with Crippen molar-refractivity contribution in [2.45, 2.75) is 26.8 Å². The Bertz CT molecular complexity index is 701. The molecular weight excluding hydrogens is 284 g/mol. The summed E-state index contributed by atoms with van der Waals surface area (Å²) in [6.45, 7) is 6.45. The molecule has 4 heteroatoms. The number of aromatic nitrogens is 1. The van der Waals surface area contributed by atoms with Crippen LogP contribution in [0.3, 0.4) is 0 Å². The van der Waals surface area contributed by atoms with Crippen molar-refractivity contribution in [3.63, 3.8) is 0 Å². The minimum atomic E-state index is -0.0179. The van der Waals surface area contributed by atoms with E-state index in [9.17, 15) is 0 Å². The van der Waals surface area contributed by atoms with Gasteiger partial charge in [-0.2, -0.15) is 0 Å². The summed E-state index contributed by atoms with van der Waals surface area (Å²) in [5, 5.41) is 4.41. The Morgan fingerprint density at radius 3 is 2.65 bits per heavy atom. The molecule has 1 unspecified atom stereocenters. The second-order valence-corrected chi connectivity index (χ2v) is 8.04. The number of fused-ring (bicyclic) bond motifs is 1. The molecule has 0 fully saturated rings. The number of hydrogen-bond donors (Lipinski definition) is 1. The molecule has 2 heterocycles. The third-order valence-electron chi connectivity index (χ3n) is 3.40. The molecule has 1 aromatic carbocycles. The molecule has 20 heavy (non-hydrogen) atoms. The van der Waals surface area contributed by atoms with Crippen LogP contribution in [0, 0.1) is 5.41 Å². The van der Waals surface area contributed by atoms with Gasteiger partial charge in [0.15, 0.2) is 0 Å². The highest BCUT2D eigenvalue weighted by Crippen LogP contribution is 2.37. The quantitative estimate of drug-likeness (QED) is 0.717. The first-order chi connectivity index (χ1) is 9.45. The average molecular weight is 302 g/mol. The summed E-state index contributed by atoms with van der Waals surface area (Å²) in [6, 6.07) is 10.6. The van der Waals surface area contributed by atoms with E-state index in [-0.39, 0.29) is 11.5 Å². The van der Waals surface area contributed by atoms with Crippen molar-refractivity contribution in [1.82, 2.24) is 4.98 Å². The van der Waals surface area contributed by atoms with E-state index >= 15 is 0 Å². The van der Waals surface area contributed by atoms with Crippen molar-refractivity contribution in [3.05, 3.63) is 40.7 Å². The topological polar surface area (TPSA) is 38.9 Å². The average Bonchev–Trinajstić information content (AvgIpc) is 3.03. The van der Waals surface area contributed by atoms with Crippen LogP contribution in [-0.2, 0) is 0 Å². The molecule has 0 amide bonds. The van der Waals surface area contributed by atoms with Gasteiger partial charge in [-0.15, -0.1) is 22.7 Å². The lowest BCUT2D eigenvalue weighted by Gasteiger charge is -2.24. The van der Waals surface area contributed by atoms with Crippen molar-refractivity contribution >= 4 is 32.8 Å². The van der Waals surface area contributed by atoms with Crippen molar-refractivity contribution in [2.75, 3.05) is 0 Å². The summed E-state index contributed by atoms with van der Waals surface area (Å²) >= 11 is 3.45. The molecule has 1 atom stereocenters. The first kappa shape index (κ1) is 13.7. The number of benzene rings is 1. The molecule has 2 nitrogen and oxygen atoms in total. The Morgan fingerprint density at radius 1 is 1.20 bits per heavy atom. The molecule has 0 saturated heterocycles. The van der Waals surface area contributed by atoms with Gasteiger partial charge in [0.1, 0.15) is 5.01 Å². The Hall–Kier alpha value is -1.23. The summed E-state index contributed by atoms with van der Waals surface area (Å²) in [5.41, 5.74) is 7.37. The lowest BCUT2D eigenvalue weighted by Crippen LogP contribution is -2.26. The molecule has 0 aliphatic carbocycles. The summed E-state index contributed by atoms with van der Waals surface area (Å²) < 4.78 is 1.30. The fourth-order valence-corrected chi connectivity index (χ4v) is 4.18. The number of rotatable bonds is 2. The third kappa shape index (κ3) is 2.51. The largest absolute Gasteiger partial charge is 0.322 e. The van der Waals surface area contributed by atoms with Crippen LogP contribution in [0.25, 0.3) is 20.7 Å². The van der Waals surface area contributed by atoms with Crippen LogP contribution in [-0.4, -0.2) is 4.98 Å². The highest BCUT2D eigenvalue weighted by atomic mass is 32.1. The van der Waals surface area contributed by atoms with Gasteiger partial charge < -0.3 is 5.73 Å². The van der Waals surface area contributed by atoms with Gasteiger partial charge in [0.2, 0.25) is 0 Å². The number of nitrogens with two attached hydrogens (primary N) is 1. The molecule has 0 aliphatic heterocycles. The maximum atomic E-state index is 6.29. The van der Waals surface area contributed by atoms with Crippen LogP contribution in [0.2, 0.25) is 0 Å². The number of hydrogen-bond acceptors (Lipinski definition) is 4. The summed E-state index contributed by atoms with van der Waals surface area (Å²) in [4.78, 5) is 5.96. The lowest BCUT2D eigenvalue weighted by atomic mass is 9.88. The number of thiazole rings is 1. The van der Waals surface area contributed by atoms with E-state index in [2.05, 4.69) is 56.5 Å². The van der Waals surface area contributed by atoms with E-state index in [0.717, 1.165) is 10.7 Å². The molecule has 2 aromatic heterocycles. The number of nitrogens with zero attached hydrogens (tertiary/aromatic N) is 1. The fourth-order valence-electron chi connectivity index (χ4n) is 2.02. The minimum Gasteiger partial charge on any atom is -0.322 e. The zero-order valence-electron chi connectivity index (χ0n) is 11.9. The van der Waals surface area contributed by atoms with Crippen LogP contribution < -0.4 is 5.73 Å². The first-order valence-corrected chi connectivity index (χ1v) is 8.35. The molecule has 0 bridgehead atoms. The lowest BCUT2D eigenvalue weighted by molar-refractivity contribution is 0.326. The van der Waals surface area contributed by atoms with Crippen LogP contribution in [0.15, 0.2) is 35.7 Å². The Kier molecular flexibility index (Phi) is 3.40. The predicted octanol–water partition coefficient (Wildman–Crippen LogP) is 5.07. The van der Waals surface area contributed by atoms with E-state index in [4.69, 9.17) is 10.7 Å². The van der Waals surface area contributed by atoms with Crippen LogP contribution in [0.4, 0.5) is 0 Å². The standard InChI is InChI=1S/C16H18N2S2/c1-16(2,3)14(17)15-18-11(9-19-15)13-8-10-6-4-5-7-12(10)20-13/h4-9,14H,17H2,1-3H3. The van der Waals surface area contributed by atoms with Gasteiger partial charge in [-0.25, -0.2) is 4.98 Å². The van der Waals surface area contributed by atoms with E-state index in [1.54, 1.807) is 22.7 Å². The van der Waals surface area contributed by atoms with Gasteiger partial charge >= 0.3 is 0 Å². The van der Waals surface area contributed by atoms with Gasteiger partial charge in [-0.3, -0.25) is 0 Å². The van der Waals surface area contributed by atoms with Gasteiger partial charge in [-0.05, 0) is 22.9 Å². The summed E-state index contributed by atoms with van der Waals surface area (Å²) in [7, 11) is 0. The maximum absolute atomic E-state index is 6.29. The van der Waals surface area contributed by atoms with E-state index < -0.39 is 0 Å². The molecule has 104 valence electrons. The fraction of sp³-hybridized carbons (Fsp3) is 0.312. The zero-order chi connectivity index (χ0) is 14.3. The van der Waals surface area contributed by atoms with E-state index in [1.165, 1.54) is 15.0 Å². The van der Waals surface area contributed by atoms with Crippen molar-refractivity contribution in [2.24, 2.45) is 11.1 Å². The molecule has 0 spiro atoms. The molecule has 0 aliphatic rings. The molecule has 3 aromatic rings. The highest BCUT2D eigenvalue weighted by molar-refractivity contribution is 7.22. The maximum Gasteiger partial charge on any atom is 0.111 e. The third-order valence-corrected chi connectivity index (χ3v) is 5.47. The SMILES string of the molecule is CC(C)(C)C(N)c1nc(-c2cc3ccccc3s2)cs1. The monoisotopic (exact) mass is 302 g/mol. The van der Waals surface area contributed by atoms with Crippen molar-refractivity contribution in [3.8, 4) is 10.6 Å². The first-order valence-electron chi connectivity index (χ1n) is 6.65. The summed E-state index contributed by atoms with van der Waals surface area (Å²) in [5.74, 6) is 0. The summed E-state index contributed by atoms with van der Waals surface area (Å²) in [6.07, 6.45) is 0. The van der Waals surface area contributed by atoms with Gasteiger partial charge in [0, 0.05) is 10.1 Å². The second-order valence-electron chi connectivity index (χ2n) is 6.06. The highest BCUT2D eigenvalue weighted by Gasteiger charge is 2.25. The molecule has 3 rings (SSSR count). The minimum absolute atomic E-state index is 0.0179. The van der Waals surface area contributed by atoms with Crippen molar-refractivity contribution < 1.29 is 0 Å². The van der Waals surface area contributed by atoms with E-state index in [0.29, 0.717) is 0 Å². The smallest absolute Gasteiger partial charge is 0.111 e. The normalized spacial score (nSPS) is 13.8. The van der Waals surface area contributed by atoms with Crippen LogP contribution in [0.5, 0.6) is 0 Å². The molecule has 0 saturated carbocycles. The second kappa shape index (κ2) is 4.95. The van der Waals surface area contributed by atoms with E-state index in [1.807, 2.05) is 0 Å². The van der Waals surface area contributed by atoms with Gasteiger partial charge in [0.25, 0.3) is 0 Å². The Labute approximate surface area is 127 Å². The molecule has 0 radical (unpaired) electrons. The Morgan fingerprint density at radius 2 is 1.95 bits per heavy atom. The van der Waals surface area contributed by atoms with Crippen LogP contribution in [0.1, 0.15) is 31.8 Å². The predicted molar refractivity (Wildman–Crippen MR) is 89.3 cm³/mol. The Balaban J connectivity index is 1.97. The number of thiophene rings is 1. The molecular formula is C16H18N2S2. The van der Waals surface area contributed by atoms with Gasteiger partial charge in [-0.1, -0.05) is 39.0 Å². The van der Waals surface area contributed by atoms with Crippen molar-refractivity contribution in [1.29, 1.82) is 0 Å². The zero-order valence-corrected chi connectivity index (χ0v) is 13.5. The van der Waals surface area contributed by atoms with Crippen LogP contribution >= 0.6 is 22.7 Å². The molecule has 2 N–H and O–H groups in total.